The maximum atomic E-state index is 12.2. The van der Waals surface area contributed by atoms with Crippen LogP contribution in [0, 0.1) is 5.92 Å². The van der Waals surface area contributed by atoms with Crippen molar-refractivity contribution in [2.45, 2.75) is 13.0 Å². The third kappa shape index (κ3) is 3.11. The van der Waals surface area contributed by atoms with Gasteiger partial charge in [0.2, 0.25) is 5.91 Å². The number of nitrogens with zero attached hydrogens (tertiary/aromatic N) is 2. The van der Waals surface area contributed by atoms with E-state index in [2.05, 4.69) is 15.6 Å². The van der Waals surface area contributed by atoms with Gasteiger partial charge in [-0.05, 0) is 12.1 Å². The van der Waals surface area contributed by atoms with Crippen LogP contribution < -0.4 is 16.2 Å². The Balaban J connectivity index is 1.60. The van der Waals surface area contributed by atoms with Crippen LogP contribution >= 0.6 is 0 Å². The van der Waals surface area contributed by atoms with Gasteiger partial charge in [0, 0.05) is 38.5 Å². The lowest BCUT2D eigenvalue weighted by Gasteiger charge is -2.27. The molecule has 1 amide bonds. The average molecular weight is 286 g/mol. The van der Waals surface area contributed by atoms with Gasteiger partial charge in [-0.15, -0.1) is 0 Å². The zero-order chi connectivity index (χ0) is 14.7. The quantitative estimate of drug-likeness (QED) is 0.819. The summed E-state index contributed by atoms with van der Waals surface area (Å²) in [5.41, 5.74) is 0.581. The van der Waals surface area contributed by atoms with Gasteiger partial charge in [0.15, 0.2) is 0 Å². The average Bonchev–Trinajstić information content (AvgIpc) is 2.45. The number of amides is 1. The number of carbonyl (C=O) groups excluding carboxylic acids is 1. The van der Waals surface area contributed by atoms with Crippen LogP contribution in [0.15, 0.2) is 35.4 Å². The van der Waals surface area contributed by atoms with E-state index in [0.717, 1.165) is 13.1 Å². The fourth-order valence-electron chi connectivity index (χ4n) is 2.33. The number of rotatable bonds is 5. The Morgan fingerprint density at radius 2 is 2.19 bits per heavy atom. The molecule has 0 radical (unpaired) electrons. The fraction of sp³-hybridized carbons (Fsp3) is 0.400. The summed E-state index contributed by atoms with van der Waals surface area (Å²) in [4.78, 5) is 28.3. The molecule has 1 fully saturated rings. The molecule has 2 N–H and O–H groups in total. The molecule has 1 aliphatic rings. The summed E-state index contributed by atoms with van der Waals surface area (Å²) in [6.45, 7) is 2.99. The number of benzene rings is 1. The van der Waals surface area contributed by atoms with E-state index in [1.54, 1.807) is 12.1 Å². The Morgan fingerprint density at radius 3 is 2.95 bits per heavy atom. The van der Waals surface area contributed by atoms with Gasteiger partial charge in [0.05, 0.1) is 17.2 Å². The normalized spacial score (nSPS) is 14.9. The molecule has 1 aromatic carbocycles. The number of nitrogens with one attached hydrogen (secondary N) is 2. The highest BCUT2D eigenvalue weighted by Gasteiger charge is 2.17. The summed E-state index contributed by atoms with van der Waals surface area (Å²) in [5.74, 6) is 0.515. The molecule has 1 saturated heterocycles. The zero-order valence-corrected chi connectivity index (χ0v) is 11.7. The van der Waals surface area contributed by atoms with Crippen molar-refractivity contribution in [2.75, 3.05) is 19.6 Å². The Labute approximate surface area is 122 Å². The summed E-state index contributed by atoms with van der Waals surface area (Å²) in [5, 5.41) is 6.64. The minimum Gasteiger partial charge on any atom is -0.356 e. The summed E-state index contributed by atoms with van der Waals surface area (Å²) in [7, 11) is 0. The van der Waals surface area contributed by atoms with Crippen molar-refractivity contribution in [3.63, 3.8) is 0 Å². The van der Waals surface area contributed by atoms with Crippen molar-refractivity contribution in [3.05, 3.63) is 40.9 Å². The lowest BCUT2D eigenvalue weighted by atomic mass is 10.0. The van der Waals surface area contributed by atoms with Crippen LogP contribution in [0.2, 0.25) is 0 Å². The Kier molecular flexibility index (Phi) is 3.96. The first kappa shape index (κ1) is 13.8. The number of aromatic nitrogens is 2. The van der Waals surface area contributed by atoms with E-state index in [-0.39, 0.29) is 11.5 Å². The largest absolute Gasteiger partial charge is 0.356 e. The minimum absolute atomic E-state index is 0.0260. The first-order valence-corrected chi connectivity index (χ1v) is 7.15. The second-order valence-corrected chi connectivity index (χ2v) is 5.34. The predicted molar refractivity (Wildman–Crippen MR) is 80.0 cm³/mol. The van der Waals surface area contributed by atoms with Crippen LogP contribution in [0.1, 0.15) is 6.42 Å². The molecule has 3 rings (SSSR count). The molecule has 6 nitrogen and oxygen atoms in total. The van der Waals surface area contributed by atoms with E-state index < -0.39 is 0 Å². The first-order chi connectivity index (χ1) is 10.2. The van der Waals surface area contributed by atoms with Crippen LogP contribution in [0.25, 0.3) is 10.9 Å². The van der Waals surface area contributed by atoms with E-state index in [1.807, 2.05) is 12.1 Å². The number of carbonyl (C=O) groups is 1. The maximum absolute atomic E-state index is 12.2. The highest BCUT2D eigenvalue weighted by Crippen LogP contribution is 2.05. The highest BCUT2D eigenvalue weighted by molar-refractivity contribution is 5.77. The maximum Gasteiger partial charge on any atom is 0.261 e. The Morgan fingerprint density at radius 1 is 1.38 bits per heavy atom. The van der Waals surface area contributed by atoms with Crippen LogP contribution in [0.4, 0.5) is 0 Å². The predicted octanol–water partition coefficient (Wildman–Crippen LogP) is 0.122. The summed E-state index contributed by atoms with van der Waals surface area (Å²) in [6, 6.07) is 7.22. The molecule has 0 saturated carbocycles. The Hall–Kier alpha value is -2.21. The van der Waals surface area contributed by atoms with E-state index in [1.165, 1.54) is 10.9 Å². The molecule has 110 valence electrons. The van der Waals surface area contributed by atoms with Gasteiger partial charge in [-0.25, -0.2) is 4.98 Å². The molecule has 1 aromatic heterocycles. The molecule has 0 spiro atoms. The van der Waals surface area contributed by atoms with Crippen LogP contribution in [-0.4, -0.2) is 35.1 Å². The van der Waals surface area contributed by atoms with Crippen molar-refractivity contribution >= 4 is 16.8 Å². The third-order valence-electron chi connectivity index (χ3n) is 3.77. The Bertz CT molecular complexity index is 706. The SMILES string of the molecule is O=C(CCn1cnc2ccccc2c1=O)NCC1CNC1. The van der Waals surface area contributed by atoms with Crippen molar-refractivity contribution in [3.8, 4) is 0 Å². The van der Waals surface area contributed by atoms with Crippen molar-refractivity contribution in [1.82, 2.24) is 20.2 Å². The van der Waals surface area contributed by atoms with Crippen LogP contribution in [-0.2, 0) is 11.3 Å². The molecule has 6 heteroatoms. The molecule has 0 unspecified atom stereocenters. The molecule has 0 aliphatic carbocycles. The number of fused-ring (bicyclic) bond motifs is 1. The number of hydrogen-bond donors (Lipinski definition) is 2. The standard InChI is InChI=1S/C15H18N4O2/c20-14(17-9-11-7-16-8-11)5-6-19-10-18-13-4-2-1-3-12(13)15(19)21/h1-4,10-11,16H,5-9H2,(H,17,20). The van der Waals surface area contributed by atoms with Gasteiger partial charge in [0.1, 0.15) is 0 Å². The highest BCUT2D eigenvalue weighted by atomic mass is 16.1. The van der Waals surface area contributed by atoms with E-state index in [0.29, 0.717) is 36.3 Å². The van der Waals surface area contributed by atoms with Gasteiger partial charge >= 0.3 is 0 Å². The molecule has 0 atom stereocenters. The molecule has 2 aromatic rings. The topological polar surface area (TPSA) is 76.0 Å². The summed E-state index contributed by atoms with van der Waals surface area (Å²) < 4.78 is 1.49. The first-order valence-electron chi connectivity index (χ1n) is 7.15. The molecule has 0 bridgehead atoms. The van der Waals surface area contributed by atoms with E-state index >= 15 is 0 Å². The second-order valence-electron chi connectivity index (χ2n) is 5.34. The summed E-state index contributed by atoms with van der Waals surface area (Å²) in [6.07, 6.45) is 1.80. The number of aryl methyl sites for hydroxylation is 1. The van der Waals surface area contributed by atoms with Crippen LogP contribution in [0.5, 0.6) is 0 Å². The molecular formula is C15H18N4O2. The third-order valence-corrected chi connectivity index (χ3v) is 3.77. The van der Waals surface area contributed by atoms with Gasteiger partial charge < -0.3 is 10.6 Å². The lowest BCUT2D eigenvalue weighted by Crippen LogP contribution is -2.48. The van der Waals surface area contributed by atoms with E-state index in [4.69, 9.17) is 0 Å². The summed E-state index contributed by atoms with van der Waals surface area (Å²) >= 11 is 0. The van der Waals surface area contributed by atoms with Crippen molar-refractivity contribution in [1.29, 1.82) is 0 Å². The molecular weight excluding hydrogens is 268 g/mol. The molecule has 2 heterocycles. The van der Waals surface area contributed by atoms with Crippen molar-refractivity contribution < 1.29 is 4.79 Å². The molecule has 1 aliphatic heterocycles. The van der Waals surface area contributed by atoms with Gasteiger partial charge in [-0.3, -0.25) is 14.2 Å². The number of hydrogen-bond acceptors (Lipinski definition) is 4. The van der Waals surface area contributed by atoms with Gasteiger partial charge in [-0.2, -0.15) is 0 Å². The van der Waals surface area contributed by atoms with E-state index in [9.17, 15) is 9.59 Å². The molecule has 21 heavy (non-hydrogen) atoms. The monoisotopic (exact) mass is 286 g/mol. The zero-order valence-electron chi connectivity index (χ0n) is 11.7. The van der Waals surface area contributed by atoms with Crippen molar-refractivity contribution in [2.24, 2.45) is 5.92 Å². The van der Waals surface area contributed by atoms with Gasteiger partial charge in [-0.1, -0.05) is 12.1 Å². The second kappa shape index (κ2) is 6.05. The number of para-hydroxylation sites is 1. The fourth-order valence-corrected chi connectivity index (χ4v) is 2.33. The minimum atomic E-state index is -0.100. The lowest BCUT2D eigenvalue weighted by molar-refractivity contribution is -0.121. The van der Waals surface area contributed by atoms with Gasteiger partial charge in [0.25, 0.3) is 5.56 Å². The smallest absolute Gasteiger partial charge is 0.261 e. The van der Waals surface area contributed by atoms with Crippen LogP contribution in [0.3, 0.4) is 0 Å².